The predicted molar refractivity (Wildman–Crippen MR) is 85.7 cm³/mol. The van der Waals surface area contributed by atoms with Crippen molar-refractivity contribution in [1.29, 1.82) is 0 Å². The molecule has 2 atom stereocenters. The van der Waals surface area contributed by atoms with Crippen molar-refractivity contribution >= 4 is 28.6 Å². The van der Waals surface area contributed by atoms with Crippen LogP contribution in [0.2, 0.25) is 0 Å². The molecule has 1 aliphatic rings. The van der Waals surface area contributed by atoms with E-state index in [2.05, 4.69) is 4.98 Å². The molecule has 1 amide bonds. The Morgan fingerprint density at radius 2 is 2.38 bits per heavy atom. The van der Waals surface area contributed by atoms with E-state index in [4.69, 9.17) is 0 Å². The Balaban J connectivity index is 1.73. The van der Waals surface area contributed by atoms with E-state index in [0.717, 1.165) is 30.0 Å². The second-order valence-corrected chi connectivity index (χ2v) is 7.08. The number of rotatable bonds is 3. The Kier molecular flexibility index (Phi) is 4.37. The molecule has 1 aliphatic heterocycles. The lowest BCUT2D eigenvalue weighted by Gasteiger charge is -2.33. The summed E-state index contributed by atoms with van der Waals surface area (Å²) in [6, 6.07) is 2.02. The average Bonchev–Trinajstić information content (AvgIpc) is 3.17. The lowest BCUT2D eigenvalue weighted by molar-refractivity contribution is 0.0462. The van der Waals surface area contributed by atoms with Crippen molar-refractivity contribution < 1.29 is 9.90 Å². The second-order valence-electron chi connectivity index (χ2n) is 5.44. The topological polar surface area (TPSA) is 53.4 Å². The molecule has 0 radical (unpaired) electrons. The van der Waals surface area contributed by atoms with Crippen molar-refractivity contribution in [3.05, 3.63) is 27.9 Å². The number of amides is 1. The number of aliphatic hydroxyl groups excluding tert-OH is 1. The van der Waals surface area contributed by atoms with Gasteiger partial charge in [-0.1, -0.05) is 0 Å². The molecule has 112 valence electrons. The molecule has 21 heavy (non-hydrogen) atoms. The number of likely N-dealkylation sites (tertiary alicyclic amines) is 1. The van der Waals surface area contributed by atoms with Gasteiger partial charge in [0.2, 0.25) is 0 Å². The van der Waals surface area contributed by atoms with Crippen molar-refractivity contribution in [2.45, 2.75) is 25.9 Å². The van der Waals surface area contributed by atoms with Gasteiger partial charge in [0.25, 0.3) is 5.91 Å². The summed E-state index contributed by atoms with van der Waals surface area (Å²) >= 11 is 3.13. The van der Waals surface area contributed by atoms with Gasteiger partial charge in [0, 0.05) is 35.3 Å². The molecular formula is C15H18N2O2S2. The van der Waals surface area contributed by atoms with Crippen LogP contribution in [0, 0.1) is 5.92 Å². The highest BCUT2D eigenvalue weighted by molar-refractivity contribution is 7.14. The lowest BCUT2D eigenvalue weighted by atomic mass is 9.93. The van der Waals surface area contributed by atoms with Gasteiger partial charge in [-0.3, -0.25) is 4.79 Å². The van der Waals surface area contributed by atoms with E-state index in [1.165, 1.54) is 11.3 Å². The van der Waals surface area contributed by atoms with Crippen molar-refractivity contribution in [2.75, 3.05) is 13.1 Å². The summed E-state index contributed by atoms with van der Waals surface area (Å²) in [7, 11) is 0. The first-order chi connectivity index (χ1) is 10.1. The van der Waals surface area contributed by atoms with Gasteiger partial charge in [-0.2, -0.15) is 11.3 Å². The predicted octanol–water partition coefficient (Wildman–Crippen LogP) is 3.10. The first-order valence-corrected chi connectivity index (χ1v) is 8.93. The molecule has 6 heteroatoms. The molecule has 2 aromatic heterocycles. The van der Waals surface area contributed by atoms with Crippen LogP contribution in [-0.4, -0.2) is 40.1 Å². The van der Waals surface area contributed by atoms with E-state index >= 15 is 0 Å². The molecule has 1 fully saturated rings. The molecule has 3 heterocycles. The third-order valence-electron chi connectivity index (χ3n) is 3.92. The monoisotopic (exact) mass is 322 g/mol. The normalized spacial score (nSPS) is 20.5. The van der Waals surface area contributed by atoms with Crippen molar-refractivity contribution in [3.63, 3.8) is 0 Å². The second kappa shape index (κ2) is 6.25. The third kappa shape index (κ3) is 3.17. The molecule has 0 bridgehead atoms. The average molecular weight is 322 g/mol. The van der Waals surface area contributed by atoms with E-state index in [1.807, 2.05) is 27.1 Å². The summed E-state index contributed by atoms with van der Waals surface area (Å²) in [5.41, 5.74) is 1.59. The molecule has 0 aliphatic carbocycles. The zero-order chi connectivity index (χ0) is 14.8. The van der Waals surface area contributed by atoms with Crippen LogP contribution in [0.4, 0.5) is 0 Å². The number of nitrogens with zero attached hydrogens (tertiary/aromatic N) is 2. The molecule has 2 aromatic rings. The standard InChI is InChI=1S/C15H18N2O2S2/c1-10(18)11-3-2-5-17(7-11)15(19)13-9-21-14(16-13)12-4-6-20-8-12/h4,6,8-11,18H,2-3,5,7H2,1H3. The number of piperidine rings is 1. The molecule has 0 spiro atoms. The SMILES string of the molecule is CC(O)C1CCCN(C(=O)c2csc(-c3ccsc3)n2)C1. The van der Waals surface area contributed by atoms with Gasteiger partial charge in [-0.25, -0.2) is 4.98 Å². The van der Waals surface area contributed by atoms with Gasteiger partial charge in [0.1, 0.15) is 10.7 Å². The molecule has 0 saturated carbocycles. The third-order valence-corrected chi connectivity index (χ3v) is 5.49. The summed E-state index contributed by atoms with van der Waals surface area (Å²) in [4.78, 5) is 18.8. The van der Waals surface area contributed by atoms with Crippen molar-refractivity contribution in [1.82, 2.24) is 9.88 Å². The van der Waals surface area contributed by atoms with Gasteiger partial charge in [0.05, 0.1) is 6.10 Å². The van der Waals surface area contributed by atoms with E-state index in [-0.39, 0.29) is 17.9 Å². The molecule has 1 N–H and O–H groups in total. The largest absolute Gasteiger partial charge is 0.393 e. The van der Waals surface area contributed by atoms with Crippen LogP contribution in [0.3, 0.4) is 0 Å². The Hall–Kier alpha value is -1.24. The van der Waals surface area contributed by atoms with Crippen molar-refractivity contribution in [2.24, 2.45) is 5.92 Å². The number of carbonyl (C=O) groups is 1. The fraction of sp³-hybridized carbons (Fsp3) is 0.467. The number of hydrogen-bond donors (Lipinski definition) is 1. The molecular weight excluding hydrogens is 304 g/mol. The zero-order valence-corrected chi connectivity index (χ0v) is 13.5. The van der Waals surface area contributed by atoms with Gasteiger partial charge in [-0.05, 0) is 31.2 Å². The van der Waals surface area contributed by atoms with Crippen LogP contribution >= 0.6 is 22.7 Å². The first kappa shape index (κ1) is 14.7. The summed E-state index contributed by atoms with van der Waals surface area (Å²) < 4.78 is 0. The number of thiazole rings is 1. The highest BCUT2D eigenvalue weighted by Crippen LogP contribution is 2.27. The summed E-state index contributed by atoms with van der Waals surface area (Å²) in [5, 5.41) is 16.5. The van der Waals surface area contributed by atoms with Gasteiger partial charge >= 0.3 is 0 Å². The number of thiophene rings is 1. The van der Waals surface area contributed by atoms with Crippen LogP contribution in [0.25, 0.3) is 10.6 Å². The smallest absolute Gasteiger partial charge is 0.273 e. The van der Waals surface area contributed by atoms with E-state index in [1.54, 1.807) is 18.3 Å². The van der Waals surface area contributed by atoms with Gasteiger partial charge < -0.3 is 10.0 Å². The fourth-order valence-electron chi connectivity index (χ4n) is 2.64. The van der Waals surface area contributed by atoms with Crippen LogP contribution in [-0.2, 0) is 0 Å². The highest BCUT2D eigenvalue weighted by Gasteiger charge is 2.28. The zero-order valence-electron chi connectivity index (χ0n) is 11.9. The number of aliphatic hydroxyl groups is 1. The van der Waals surface area contributed by atoms with Gasteiger partial charge in [0.15, 0.2) is 0 Å². The summed E-state index contributed by atoms with van der Waals surface area (Å²) in [5.74, 6) is 0.163. The maximum absolute atomic E-state index is 12.5. The van der Waals surface area contributed by atoms with Crippen LogP contribution < -0.4 is 0 Å². The maximum atomic E-state index is 12.5. The number of aromatic nitrogens is 1. The Labute approximate surface area is 132 Å². The lowest BCUT2D eigenvalue weighted by Crippen LogP contribution is -2.43. The number of carbonyl (C=O) groups excluding carboxylic acids is 1. The Bertz CT molecular complexity index is 607. The van der Waals surface area contributed by atoms with Crippen molar-refractivity contribution in [3.8, 4) is 10.6 Å². The van der Waals surface area contributed by atoms with Gasteiger partial charge in [-0.15, -0.1) is 11.3 Å². The van der Waals surface area contributed by atoms with Crippen LogP contribution in [0.15, 0.2) is 22.2 Å². The summed E-state index contributed by atoms with van der Waals surface area (Å²) in [6.45, 7) is 3.19. The number of hydrogen-bond acceptors (Lipinski definition) is 5. The molecule has 1 saturated heterocycles. The molecule has 0 aromatic carbocycles. The van der Waals surface area contributed by atoms with E-state index in [0.29, 0.717) is 12.2 Å². The molecule has 2 unspecified atom stereocenters. The molecule has 4 nitrogen and oxygen atoms in total. The fourth-order valence-corrected chi connectivity index (χ4v) is 4.15. The highest BCUT2D eigenvalue weighted by atomic mass is 32.1. The maximum Gasteiger partial charge on any atom is 0.273 e. The minimum Gasteiger partial charge on any atom is -0.393 e. The quantitative estimate of drug-likeness (QED) is 0.944. The Morgan fingerprint density at radius 1 is 1.52 bits per heavy atom. The molecule has 3 rings (SSSR count). The summed E-state index contributed by atoms with van der Waals surface area (Å²) in [6.07, 6.45) is 1.57. The minimum absolute atomic E-state index is 0.0157. The Morgan fingerprint density at radius 3 is 3.10 bits per heavy atom. The first-order valence-electron chi connectivity index (χ1n) is 7.10. The van der Waals surface area contributed by atoms with Crippen LogP contribution in [0.5, 0.6) is 0 Å². The van der Waals surface area contributed by atoms with E-state index in [9.17, 15) is 9.90 Å². The minimum atomic E-state index is -0.364. The van der Waals surface area contributed by atoms with E-state index < -0.39 is 0 Å². The van der Waals surface area contributed by atoms with Crippen LogP contribution in [0.1, 0.15) is 30.3 Å².